The van der Waals surface area contributed by atoms with Crippen LogP contribution in [0.3, 0.4) is 0 Å². The molecule has 120 valence electrons. The number of rotatable bonds is 6. The standard InChI is InChI=1S/C17H17ClN2O3/c1-2-23-17(22)12-7-3-5-9-14(12)20-16(21)11-19-15-10-6-4-8-13(15)18/h3-10,19H,2,11H2,1H3,(H,20,21). The molecule has 2 aromatic rings. The molecule has 2 aromatic carbocycles. The molecule has 23 heavy (non-hydrogen) atoms. The molecule has 0 aliphatic heterocycles. The zero-order chi connectivity index (χ0) is 16.7. The van der Waals surface area contributed by atoms with Crippen LogP contribution >= 0.6 is 11.6 Å². The number of nitrogens with one attached hydrogen (secondary N) is 2. The fourth-order valence-corrected chi connectivity index (χ4v) is 2.16. The minimum absolute atomic E-state index is 0.0287. The van der Waals surface area contributed by atoms with E-state index < -0.39 is 5.97 Å². The van der Waals surface area contributed by atoms with Crippen LogP contribution in [0, 0.1) is 0 Å². The normalized spacial score (nSPS) is 10.0. The van der Waals surface area contributed by atoms with Gasteiger partial charge in [-0.3, -0.25) is 4.79 Å². The maximum atomic E-state index is 12.1. The molecule has 6 heteroatoms. The molecule has 0 spiro atoms. The second kappa shape index (κ2) is 8.19. The molecule has 0 aliphatic rings. The van der Waals surface area contributed by atoms with E-state index in [0.717, 1.165) is 0 Å². The summed E-state index contributed by atoms with van der Waals surface area (Å²) >= 11 is 6.01. The van der Waals surface area contributed by atoms with Crippen LogP contribution in [-0.2, 0) is 9.53 Å². The van der Waals surface area contributed by atoms with Crippen LogP contribution in [0.15, 0.2) is 48.5 Å². The highest BCUT2D eigenvalue weighted by Crippen LogP contribution is 2.20. The zero-order valence-electron chi connectivity index (χ0n) is 12.6. The van der Waals surface area contributed by atoms with Crippen LogP contribution in [0.5, 0.6) is 0 Å². The molecule has 0 fully saturated rings. The average molecular weight is 333 g/mol. The number of amides is 1. The van der Waals surface area contributed by atoms with Crippen LogP contribution in [0.25, 0.3) is 0 Å². The molecule has 0 atom stereocenters. The van der Waals surface area contributed by atoms with E-state index in [1.807, 2.05) is 12.1 Å². The van der Waals surface area contributed by atoms with Gasteiger partial charge in [0, 0.05) is 0 Å². The van der Waals surface area contributed by atoms with Crippen molar-refractivity contribution in [2.45, 2.75) is 6.92 Å². The third-order valence-corrected chi connectivity index (χ3v) is 3.34. The minimum Gasteiger partial charge on any atom is -0.462 e. The smallest absolute Gasteiger partial charge is 0.340 e. The van der Waals surface area contributed by atoms with E-state index in [4.69, 9.17) is 16.3 Å². The molecule has 0 unspecified atom stereocenters. The number of hydrogen-bond donors (Lipinski definition) is 2. The fraction of sp³-hybridized carbons (Fsp3) is 0.176. The van der Waals surface area contributed by atoms with Gasteiger partial charge in [0.25, 0.3) is 0 Å². The summed E-state index contributed by atoms with van der Waals surface area (Å²) < 4.78 is 4.97. The minimum atomic E-state index is -0.470. The first-order valence-corrected chi connectivity index (χ1v) is 7.54. The summed E-state index contributed by atoms with van der Waals surface area (Å²) in [5.74, 6) is -0.760. The fourth-order valence-electron chi connectivity index (χ4n) is 1.95. The van der Waals surface area contributed by atoms with Crippen molar-refractivity contribution in [3.05, 3.63) is 59.1 Å². The van der Waals surface area contributed by atoms with Gasteiger partial charge in [-0.25, -0.2) is 4.79 Å². The lowest BCUT2D eigenvalue weighted by Crippen LogP contribution is -2.23. The van der Waals surface area contributed by atoms with Crippen molar-refractivity contribution in [2.75, 3.05) is 23.8 Å². The second-order valence-electron chi connectivity index (χ2n) is 4.65. The monoisotopic (exact) mass is 332 g/mol. The summed E-state index contributed by atoms with van der Waals surface area (Å²) in [5, 5.41) is 6.18. The Balaban J connectivity index is 2.01. The molecule has 0 heterocycles. The Bertz CT molecular complexity index is 704. The lowest BCUT2D eigenvalue weighted by atomic mass is 10.2. The first kappa shape index (κ1) is 16.8. The number of esters is 1. The Hall–Kier alpha value is -2.53. The van der Waals surface area contributed by atoms with Crippen molar-refractivity contribution >= 4 is 34.9 Å². The third-order valence-electron chi connectivity index (χ3n) is 3.01. The first-order chi connectivity index (χ1) is 11.1. The van der Waals surface area contributed by atoms with Crippen molar-refractivity contribution < 1.29 is 14.3 Å². The van der Waals surface area contributed by atoms with E-state index in [9.17, 15) is 9.59 Å². The van der Waals surface area contributed by atoms with E-state index in [2.05, 4.69) is 10.6 Å². The number of carbonyl (C=O) groups is 2. The van der Waals surface area contributed by atoms with E-state index >= 15 is 0 Å². The van der Waals surface area contributed by atoms with E-state index in [-0.39, 0.29) is 19.1 Å². The van der Waals surface area contributed by atoms with Gasteiger partial charge >= 0.3 is 5.97 Å². The van der Waals surface area contributed by atoms with Crippen molar-refractivity contribution in [3.63, 3.8) is 0 Å². The highest BCUT2D eigenvalue weighted by Gasteiger charge is 2.13. The molecule has 0 radical (unpaired) electrons. The lowest BCUT2D eigenvalue weighted by Gasteiger charge is -2.11. The molecule has 0 aliphatic carbocycles. The summed E-state index contributed by atoms with van der Waals surface area (Å²) in [6.07, 6.45) is 0. The van der Waals surface area contributed by atoms with Crippen LogP contribution in [0.2, 0.25) is 5.02 Å². The Kier molecular flexibility index (Phi) is 6.00. The predicted molar refractivity (Wildman–Crippen MR) is 91.0 cm³/mol. The molecule has 0 saturated heterocycles. The highest BCUT2D eigenvalue weighted by atomic mass is 35.5. The van der Waals surface area contributed by atoms with Gasteiger partial charge < -0.3 is 15.4 Å². The van der Waals surface area contributed by atoms with Gasteiger partial charge in [-0.15, -0.1) is 0 Å². The molecule has 2 rings (SSSR count). The summed E-state index contributed by atoms with van der Waals surface area (Å²) in [6, 6.07) is 13.9. The summed E-state index contributed by atoms with van der Waals surface area (Å²) in [4.78, 5) is 23.9. The molecule has 0 aromatic heterocycles. The van der Waals surface area contributed by atoms with Crippen LogP contribution in [0.4, 0.5) is 11.4 Å². The highest BCUT2D eigenvalue weighted by molar-refractivity contribution is 6.33. The molecule has 5 nitrogen and oxygen atoms in total. The quantitative estimate of drug-likeness (QED) is 0.794. The Morgan fingerprint density at radius 3 is 2.39 bits per heavy atom. The molecule has 1 amide bonds. The van der Waals surface area contributed by atoms with Gasteiger partial charge in [0.1, 0.15) is 0 Å². The largest absolute Gasteiger partial charge is 0.462 e. The number of benzene rings is 2. The van der Waals surface area contributed by atoms with Gasteiger partial charge in [-0.1, -0.05) is 35.9 Å². The van der Waals surface area contributed by atoms with Crippen LogP contribution in [0.1, 0.15) is 17.3 Å². The number of ether oxygens (including phenoxy) is 1. The van der Waals surface area contributed by atoms with Gasteiger partial charge in [0.2, 0.25) is 5.91 Å². The molecule has 2 N–H and O–H groups in total. The van der Waals surface area contributed by atoms with E-state index in [1.165, 1.54) is 0 Å². The van der Waals surface area contributed by atoms with Crippen molar-refractivity contribution in [1.29, 1.82) is 0 Å². The van der Waals surface area contributed by atoms with Gasteiger partial charge in [0.15, 0.2) is 0 Å². The maximum absolute atomic E-state index is 12.1. The van der Waals surface area contributed by atoms with Crippen LogP contribution < -0.4 is 10.6 Å². The summed E-state index contributed by atoms with van der Waals surface area (Å²) in [5.41, 5.74) is 1.40. The van der Waals surface area contributed by atoms with Crippen LogP contribution in [-0.4, -0.2) is 25.0 Å². The topological polar surface area (TPSA) is 67.4 Å². The Morgan fingerprint density at radius 1 is 1.04 bits per heavy atom. The Labute approximate surface area is 139 Å². The summed E-state index contributed by atoms with van der Waals surface area (Å²) in [7, 11) is 0. The number of anilines is 2. The number of carbonyl (C=O) groups excluding carboxylic acids is 2. The average Bonchev–Trinajstić information content (AvgIpc) is 2.55. The van der Waals surface area contributed by atoms with Gasteiger partial charge in [-0.2, -0.15) is 0 Å². The second-order valence-corrected chi connectivity index (χ2v) is 5.05. The summed E-state index contributed by atoms with van der Waals surface area (Å²) in [6.45, 7) is 2.03. The number of halogens is 1. The maximum Gasteiger partial charge on any atom is 0.340 e. The number of para-hydroxylation sites is 2. The Morgan fingerprint density at radius 2 is 1.70 bits per heavy atom. The van der Waals surface area contributed by atoms with E-state index in [0.29, 0.717) is 22.0 Å². The lowest BCUT2D eigenvalue weighted by molar-refractivity contribution is -0.114. The zero-order valence-corrected chi connectivity index (χ0v) is 13.4. The van der Waals surface area contributed by atoms with Gasteiger partial charge in [0.05, 0.1) is 35.1 Å². The van der Waals surface area contributed by atoms with E-state index in [1.54, 1.807) is 43.3 Å². The SMILES string of the molecule is CCOC(=O)c1ccccc1NC(=O)CNc1ccccc1Cl. The van der Waals surface area contributed by atoms with Crippen molar-refractivity contribution in [1.82, 2.24) is 0 Å². The first-order valence-electron chi connectivity index (χ1n) is 7.16. The molecular formula is C17H17ClN2O3. The van der Waals surface area contributed by atoms with Gasteiger partial charge in [-0.05, 0) is 31.2 Å². The molecular weight excluding hydrogens is 316 g/mol. The number of hydrogen-bond acceptors (Lipinski definition) is 4. The van der Waals surface area contributed by atoms with Crippen molar-refractivity contribution in [3.8, 4) is 0 Å². The molecule has 0 bridgehead atoms. The third kappa shape index (κ3) is 4.72. The molecule has 0 saturated carbocycles. The predicted octanol–water partition coefficient (Wildman–Crippen LogP) is 3.57. The van der Waals surface area contributed by atoms with Crippen molar-refractivity contribution in [2.24, 2.45) is 0 Å².